The van der Waals surface area contributed by atoms with Crippen molar-refractivity contribution >= 4 is 28.9 Å². The van der Waals surface area contributed by atoms with Crippen molar-refractivity contribution < 1.29 is 14.3 Å². The molecule has 1 unspecified atom stereocenters. The molecule has 0 saturated carbocycles. The molecule has 0 saturated heterocycles. The maximum atomic E-state index is 12.8. The van der Waals surface area contributed by atoms with E-state index in [0.717, 1.165) is 16.9 Å². The summed E-state index contributed by atoms with van der Waals surface area (Å²) in [6.45, 7) is 1.64. The second-order valence-electron chi connectivity index (χ2n) is 6.98. The Morgan fingerprint density at radius 3 is 2.21 bits per heavy atom. The molecule has 4 rings (SSSR count). The molecule has 0 fully saturated rings. The Labute approximate surface area is 163 Å². The van der Waals surface area contributed by atoms with Gasteiger partial charge in [-0.1, -0.05) is 36.4 Å². The lowest BCUT2D eigenvalue weighted by atomic mass is 9.89. The monoisotopic (exact) mass is 372 g/mol. The summed E-state index contributed by atoms with van der Waals surface area (Å²) in [4.78, 5) is 25.1. The van der Waals surface area contributed by atoms with Gasteiger partial charge < -0.3 is 15.4 Å². The van der Waals surface area contributed by atoms with E-state index in [2.05, 4.69) is 10.6 Å². The number of fused-ring (bicyclic) bond motifs is 1. The molecule has 0 spiro atoms. The van der Waals surface area contributed by atoms with Gasteiger partial charge in [-0.25, -0.2) is 4.79 Å². The van der Waals surface area contributed by atoms with E-state index in [9.17, 15) is 9.59 Å². The van der Waals surface area contributed by atoms with Crippen LogP contribution in [0.1, 0.15) is 22.8 Å². The Morgan fingerprint density at radius 2 is 1.46 bits per heavy atom. The van der Waals surface area contributed by atoms with Crippen molar-refractivity contribution in [2.24, 2.45) is 0 Å². The van der Waals surface area contributed by atoms with Gasteiger partial charge in [0.05, 0.1) is 5.56 Å². The Bertz CT molecular complexity index is 1020. The zero-order valence-electron chi connectivity index (χ0n) is 15.4. The lowest BCUT2D eigenvalue weighted by molar-refractivity contribution is -0.134. The first kappa shape index (κ1) is 17.8. The summed E-state index contributed by atoms with van der Waals surface area (Å²) in [6.07, 6.45) is 0.342. The molecule has 5 nitrogen and oxygen atoms in total. The van der Waals surface area contributed by atoms with E-state index >= 15 is 0 Å². The summed E-state index contributed by atoms with van der Waals surface area (Å²) < 4.78 is 5.47. The summed E-state index contributed by atoms with van der Waals surface area (Å²) in [5.74, 6) is -0.818. The number of carbonyl (C=O) groups excluding carboxylic acids is 2. The second-order valence-corrected chi connectivity index (χ2v) is 6.98. The van der Waals surface area contributed by atoms with Crippen molar-refractivity contribution in [3.05, 3.63) is 90.0 Å². The van der Waals surface area contributed by atoms with Crippen molar-refractivity contribution in [3.8, 4) is 0 Å². The largest absolute Gasteiger partial charge is 0.445 e. The molecule has 2 N–H and O–H groups in total. The number of ether oxygens (including phenoxy) is 1. The number of para-hydroxylation sites is 1. The van der Waals surface area contributed by atoms with Crippen LogP contribution < -0.4 is 10.6 Å². The molecular weight excluding hydrogens is 352 g/mol. The topological polar surface area (TPSA) is 67.4 Å². The van der Waals surface area contributed by atoms with Crippen LogP contribution in [0.2, 0.25) is 0 Å². The predicted octanol–water partition coefficient (Wildman–Crippen LogP) is 4.54. The van der Waals surface area contributed by atoms with Gasteiger partial charge in [0, 0.05) is 23.5 Å². The lowest BCUT2D eigenvalue weighted by Crippen LogP contribution is -2.48. The second kappa shape index (κ2) is 7.19. The maximum Gasteiger partial charge on any atom is 0.339 e. The van der Waals surface area contributed by atoms with E-state index in [1.807, 2.05) is 66.7 Å². The minimum absolute atomic E-state index is 0.342. The van der Waals surface area contributed by atoms with Crippen LogP contribution in [0.5, 0.6) is 0 Å². The summed E-state index contributed by atoms with van der Waals surface area (Å²) in [5, 5.41) is 6.14. The van der Waals surface area contributed by atoms with Crippen LogP contribution in [0.4, 0.5) is 17.1 Å². The van der Waals surface area contributed by atoms with Gasteiger partial charge in [0.2, 0.25) is 0 Å². The van der Waals surface area contributed by atoms with E-state index in [1.165, 1.54) is 0 Å². The third-order valence-corrected chi connectivity index (χ3v) is 4.77. The average molecular weight is 372 g/mol. The minimum Gasteiger partial charge on any atom is -0.445 e. The molecule has 0 radical (unpaired) electrons. The van der Waals surface area contributed by atoms with E-state index in [1.54, 1.807) is 19.1 Å². The number of carbonyl (C=O) groups is 2. The Kier molecular flexibility index (Phi) is 4.57. The fraction of sp³-hybridized carbons (Fsp3) is 0.130. The van der Waals surface area contributed by atoms with Crippen LogP contribution in [0.25, 0.3) is 0 Å². The van der Waals surface area contributed by atoms with Gasteiger partial charge in [0.15, 0.2) is 5.60 Å². The number of rotatable bonds is 4. The van der Waals surface area contributed by atoms with Crippen LogP contribution in [-0.4, -0.2) is 17.5 Å². The van der Waals surface area contributed by atoms with Gasteiger partial charge in [-0.15, -0.1) is 0 Å². The highest BCUT2D eigenvalue weighted by Gasteiger charge is 2.42. The number of benzene rings is 3. The predicted molar refractivity (Wildman–Crippen MR) is 109 cm³/mol. The number of hydrogen-bond acceptors (Lipinski definition) is 4. The SMILES string of the molecule is CC1(C(=O)Nc2ccc(Nc3ccccc3)cc2)Cc2ccccc2C(=O)O1. The molecule has 28 heavy (non-hydrogen) atoms. The van der Waals surface area contributed by atoms with Crippen molar-refractivity contribution in [2.75, 3.05) is 10.6 Å². The van der Waals surface area contributed by atoms with Crippen LogP contribution in [0.3, 0.4) is 0 Å². The highest BCUT2D eigenvalue weighted by molar-refractivity contribution is 6.02. The maximum absolute atomic E-state index is 12.8. The van der Waals surface area contributed by atoms with Gasteiger partial charge in [-0.05, 0) is 55.0 Å². The van der Waals surface area contributed by atoms with Crippen molar-refractivity contribution in [1.82, 2.24) is 0 Å². The highest BCUT2D eigenvalue weighted by Crippen LogP contribution is 2.29. The molecule has 140 valence electrons. The van der Waals surface area contributed by atoms with Gasteiger partial charge in [0.25, 0.3) is 5.91 Å². The zero-order valence-corrected chi connectivity index (χ0v) is 15.4. The molecule has 1 aliphatic rings. The minimum atomic E-state index is -1.24. The smallest absolute Gasteiger partial charge is 0.339 e. The molecule has 3 aromatic rings. The zero-order chi connectivity index (χ0) is 19.6. The van der Waals surface area contributed by atoms with Gasteiger partial charge in [-0.2, -0.15) is 0 Å². The average Bonchev–Trinajstić information content (AvgIpc) is 2.70. The summed E-state index contributed by atoms with van der Waals surface area (Å²) in [7, 11) is 0. The van der Waals surface area contributed by atoms with Crippen molar-refractivity contribution in [3.63, 3.8) is 0 Å². The first-order chi connectivity index (χ1) is 13.5. The summed E-state index contributed by atoms with van der Waals surface area (Å²) in [5.41, 5.74) is 2.63. The number of hydrogen-bond donors (Lipinski definition) is 2. The first-order valence-electron chi connectivity index (χ1n) is 9.08. The van der Waals surface area contributed by atoms with E-state index in [-0.39, 0.29) is 5.91 Å². The highest BCUT2D eigenvalue weighted by atomic mass is 16.6. The van der Waals surface area contributed by atoms with Crippen LogP contribution >= 0.6 is 0 Å². The molecule has 1 heterocycles. The molecule has 0 aliphatic carbocycles. The molecule has 0 aromatic heterocycles. The standard InChI is InChI=1S/C23H20N2O3/c1-23(15-16-7-5-6-10-20(16)21(26)28-23)22(27)25-19-13-11-18(12-14-19)24-17-8-3-2-4-9-17/h2-14,24H,15H2,1H3,(H,25,27). The van der Waals surface area contributed by atoms with Gasteiger partial charge >= 0.3 is 5.97 Å². The Balaban J connectivity index is 1.46. The Hall–Kier alpha value is -3.60. The van der Waals surface area contributed by atoms with E-state index in [4.69, 9.17) is 4.74 Å². The number of nitrogens with one attached hydrogen (secondary N) is 2. The molecule has 1 aliphatic heterocycles. The Morgan fingerprint density at radius 1 is 0.857 bits per heavy atom. The number of amides is 1. The molecule has 1 amide bonds. The third kappa shape index (κ3) is 3.60. The summed E-state index contributed by atoms with van der Waals surface area (Å²) >= 11 is 0. The molecule has 0 bridgehead atoms. The first-order valence-corrected chi connectivity index (χ1v) is 9.08. The molecular formula is C23H20N2O3. The lowest BCUT2D eigenvalue weighted by Gasteiger charge is -2.33. The van der Waals surface area contributed by atoms with Gasteiger partial charge in [0.1, 0.15) is 0 Å². The van der Waals surface area contributed by atoms with E-state index < -0.39 is 11.6 Å². The van der Waals surface area contributed by atoms with Crippen LogP contribution in [0, 0.1) is 0 Å². The quantitative estimate of drug-likeness (QED) is 0.660. The number of cyclic esters (lactones) is 1. The molecule has 3 aromatic carbocycles. The third-order valence-electron chi connectivity index (χ3n) is 4.77. The normalized spacial score (nSPS) is 18.0. The van der Waals surface area contributed by atoms with Crippen molar-refractivity contribution in [2.45, 2.75) is 18.9 Å². The van der Waals surface area contributed by atoms with Crippen molar-refractivity contribution in [1.29, 1.82) is 0 Å². The van der Waals surface area contributed by atoms with Crippen LogP contribution in [-0.2, 0) is 16.0 Å². The summed E-state index contributed by atoms with van der Waals surface area (Å²) in [6, 6.07) is 24.4. The van der Waals surface area contributed by atoms with E-state index in [0.29, 0.717) is 17.7 Å². The number of anilines is 3. The molecule has 1 atom stereocenters. The van der Waals surface area contributed by atoms with Crippen LogP contribution in [0.15, 0.2) is 78.9 Å². The fourth-order valence-electron chi connectivity index (χ4n) is 3.25. The molecule has 5 heteroatoms. The van der Waals surface area contributed by atoms with Gasteiger partial charge in [-0.3, -0.25) is 4.79 Å². The number of esters is 1. The fourth-order valence-corrected chi connectivity index (χ4v) is 3.25.